The van der Waals surface area contributed by atoms with Crippen molar-refractivity contribution in [1.82, 2.24) is 0 Å². The molecule has 1 fully saturated rings. The van der Waals surface area contributed by atoms with E-state index in [1.54, 1.807) is 0 Å². The van der Waals surface area contributed by atoms with Gasteiger partial charge in [0.15, 0.2) is 0 Å². The van der Waals surface area contributed by atoms with Crippen molar-refractivity contribution < 1.29 is 0 Å². The molecule has 1 aliphatic carbocycles. The van der Waals surface area contributed by atoms with Gasteiger partial charge in [0.05, 0.1) is 0 Å². The van der Waals surface area contributed by atoms with Gasteiger partial charge in [0.2, 0.25) is 0 Å². The van der Waals surface area contributed by atoms with Crippen LogP contribution in [-0.2, 0) is 0 Å². The molecule has 0 spiro atoms. The van der Waals surface area contributed by atoms with Crippen LogP contribution < -0.4 is 0 Å². The van der Waals surface area contributed by atoms with Gasteiger partial charge in [-0.3, -0.25) is 0 Å². The first-order valence-corrected chi connectivity index (χ1v) is 4.40. The molecule has 0 aromatic carbocycles. The molecule has 0 radical (unpaired) electrons. The van der Waals surface area contributed by atoms with Gasteiger partial charge in [0, 0.05) is 4.83 Å². The standard InChI is InChI=1S/C7H13Br/c1-2-3-4-6-5-7(6)8/h6-7H,2-5H2,1H3. The van der Waals surface area contributed by atoms with E-state index in [9.17, 15) is 0 Å². The lowest BCUT2D eigenvalue weighted by Crippen LogP contribution is -1.78. The lowest BCUT2D eigenvalue weighted by atomic mass is 10.2. The van der Waals surface area contributed by atoms with Crippen molar-refractivity contribution in [2.24, 2.45) is 5.92 Å². The maximum Gasteiger partial charge on any atom is 0.0177 e. The molecule has 0 heterocycles. The molecule has 2 atom stereocenters. The van der Waals surface area contributed by atoms with Gasteiger partial charge in [-0.25, -0.2) is 0 Å². The molecule has 1 saturated carbocycles. The Morgan fingerprint density at radius 3 is 2.62 bits per heavy atom. The second-order valence-electron chi connectivity index (χ2n) is 2.65. The van der Waals surface area contributed by atoms with Crippen molar-refractivity contribution in [2.75, 3.05) is 0 Å². The average Bonchev–Trinajstić information content (AvgIpc) is 2.42. The van der Waals surface area contributed by atoms with E-state index in [1.165, 1.54) is 25.7 Å². The van der Waals surface area contributed by atoms with Crippen molar-refractivity contribution in [1.29, 1.82) is 0 Å². The number of hydrogen-bond donors (Lipinski definition) is 0. The Morgan fingerprint density at radius 1 is 1.62 bits per heavy atom. The van der Waals surface area contributed by atoms with Crippen LogP contribution in [0.5, 0.6) is 0 Å². The SMILES string of the molecule is CCCCC1CC1Br. The van der Waals surface area contributed by atoms with E-state index in [0.29, 0.717) is 0 Å². The Hall–Kier alpha value is 0.480. The minimum atomic E-state index is 0.883. The number of rotatable bonds is 3. The molecule has 2 unspecified atom stereocenters. The van der Waals surface area contributed by atoms with Crippen LogP contribution in [0.4, 0.5) is 0 Å². The highest BCUT2D eigenvalue weighted by Gasteiger charge is 2.33. The first-order valence-electron chi connectivity index (χ1n) is 3.48. The summed E-state index contributed by atoms with van der Waals surface area (Å²) >= 11 is 3.58. The van der Waals surface area contributed by atoms with E-state index >= 15 is 0 Å². The fraction of sp³-hybridized carbons (Fsp3) is 1.00. The van der Waals surface area contributed by atoms with E-state index in [2.05, 4.69) is 22.9 Å². The second kappa shape index (κ2) is 2.86. The molecule has 0 aromatic heterocycles. The summed E-state index contributed by atoms with van der Waals surface area (Å²) in [6.45, 7) is 2.26. The molecule has 0 saturated heterocycles. The highest BCUT2D eigenvalue weighted by molar-refractivity contribution is 9.09. The Balaban J connectivity index is 1.89. The molecule has 0 bridgehead atoms. The van der Waals surface area contributed by atoms with Crippen molar-refractivity contribution >= 4 is 15.9 Å². The predicted octanol–water partition coefficient (Wildman–Crippen LogP) is 2.96. The van der Waals surface area contributed by atoms with Crippen LogP contribution in [0, 0.1) is 5.92 Å². The van der Waals surface area contributed by atoms with Gasteiger partial charge in [-0.15, -0.1) is 0 Å². The van der Waals surface area contributed by atoms with Gasteiger partial charge in [-0.05, 0) is 18.8 Å². The molecule has 1 heteroatoms. The molecule has 0 amide bonds. The third-order valence-corrected chi connectivity index (χ3v) is 2.89. The van der Waals surface area contributed by atoms with E-state index in [4.69, 9.17) is 0 Å². The summed E-state index contributed by atoms with van der Waals surface area (Å²) in [6, 6.07) is 0. The second-order valence-corrected chi connectivity index (χ2v) is 3.83. The van der Waals surface area contributed by atoms with Crippen LogP contribution in [-0.4, -0.2) is 4.83 Å². The molecule has 8 heavy (non-hydrogen) atoms. The molecule has 0 N–H and O–H groups in total. The minimum Gasteiger partial charge on any atom is -0.0888 e. The third-order valence-electron chi connectivity index (χ3n) is 1.76. The summed E-state index contributed by atoms with van der Waals surface area (Å²) in [5.74, 6) is 1.04. The van der Waals surface area contributed by atoms with E-state index in [1.807, 2.05) is 0 Å². The normalized spacial score (nSPS) is 35.2. The molecule has 48 valence electrons. The fourth-order valence-electron chi connectivity index (χ4n) is 0.976. The Bertz CT molecular complexity index is 70.8. The lowest BCUT2D eigenvalue weighted by molar-refractivity contribution is 0.657. The van der Waals surface area contributed by atoms with Crippen molar-refractivity contribution in [2.45, 2.75) is 37.4 Å². The van der Waals surface area contributed by atoms with Crippen LogP contribution in [0.1, 0.15) is 32.6 Å². The maximum atomic E-state index is 3.58. The number of unbranched alkanes of at least 4 members (excludes halogenated alkanes) is 1. The highest BCUT2D eigenvalue weighted by Crippen LogP contribution is 2.41. The largest absolute Gasteiger partial charge is 0.0888 e. The summed E-state index contributed by atoms with van der Waals surface area (Å²) in [6.07, 6.45) is 5.66. The number of alkyl halides is 1. The fourth-order valence-corrected chi connectivity index (χ4v) is 1.72. The van der Waals surface area contributed by atoms with Crippen LogP contribution in [0.2, 0.25) is 0 Å². The topological polar surface area (TPSA) is 0 Å². The Labute approximate surface area is 59.8 Å². The molecule has 0 aromatic rings. The summed E-state index contributed by atoms with van der Waals surface area (Å²) in [4.78, 5) is 0.883. The third kappa shape index (κ3) is 1.77. The minimum absolute atomic E-state index is 0.883. The van der Waals surface area contributed by atoms with Crippen LogP contribution >= 0.6 is 15.9 Å². The summed E-state index contributed by atoms with van der Waals surface area (Å²) in [5, 5.41) is 0. The van der Waals surface area contributed by atoms with Gasteiger partial charge in [-0.1, -0.05) is 35.7 Å². The maximum absolute atomic E-state index is 3.58. The van der Waals surface area contributed by atoms with Crippen LogP contribution in [0.15, 0.2) is 0 Å². The van der Waals surface area contributed by atoms with Crippen molar-refractivity contribution in [3.63, 3.8) is 0 Å². The van der Waals surface area contributed by atoms with Gasteiger partial charge in [-0.2, -0.15) is 0 Å². The van der Waals surface area contributed by atoms with E-state index in [0.717, 1.165) is 10.7 Å². The molecular weight excluding hydrogens is 164 g/mol. The van der Waals surface area contributed by atoms with Crippen LogP contribution in [0.3, 0.4) is 0 Å². The molecule has 0 aliphatic heterocycles. The van der Waals surface area contributed by atoms with Gasteiger partial charge < -0.3 is 0 Å². The number of hydrogen-bond acceptors (Lipinski definition) is 0. The van der Waals surface area contributed by atoms with E-state index < -0.39 is 0 Å². The molecular formula is C7H13Br. The van der Waals surface area contributed by atoms with Gasteiger partial charge in [0.1, 0.15) is 0 Å². The van der Waals surface area contributed by atoms with E-state index in [-0.39, 0.29) is 0 Å². The van der Waals surface area contributed by atoms with Crippen molar-refractivity contribution in [3.8, 4) is 0 Å². The Kier molecular flexibility index (Phi) is 2.36. The zero-order chi connectivity index (χ0) is 5.98. The first kappa shape index (κ1) is 6.60. The number of halogens is 1. The van der Waals surface area contributed by atoms with Gasteiger partial charge >= 0.3 is 0 Å². The van der Waals surface area contributed by atoms with Crippen molar-refractivity contribution in [3.05, 3.63) is 0 Å². The monoisotopic (exact) mass is 176 g/mol. The summed E-state index contributed by atoms with van der Waals surface area (Å²) in [7, 11) is 0. The zero-order valence-corrected chi connectivity index (χ0v) is 6.95. The first-order chi connectivity index (χ1) is 3.84. The van der Waals surface area contributed by atoms with Crippen LogP contribution in [0.25, 0.3) is 0 Å². The summed E-state index contributed by atoms with van der Waals surface area (Å²) in [5.41, 5.74) is 0. The lowest BCUT2D eigenvalue weighted by Gasteiger charge is -1.90. The highest BCUT2D eigenvalue weighted by atomic mass is 79.9. The molecule has 1 aliphatic rings. The quantitative estimate of drug-likeness (QED) is 0.581. The predicted molar refractivity (Wildman–Crippen MR) is 40.3 cm³/mol. The zero-order valence-electron chi connectivity index (χ0n) is 5.36. The van der Waals surface area contributed by atoms with Gasteiger partial charge in [0.25, 0.3) is 0 Å². The summed E-state index contributed by atoms with van der Waals surface area (Å²) < 4.78 is 0. The average molecular weight is 177 g/mol. The molecule has 0 nitrogen and oxygen atoms in total. The Morgan fingerprint density at radius 2 is 2.25 bits per heavy atom. The molecule has 1 rings (SSSR count). The smallest absolute Gasteiger partial charge is 0.0177 e.